The monoisotopic (exact) mass is 266 g/mol. The van der Waals surface area contributed by atoms with Crippen molar-refractivity contribution in [2.45, 2.75) is 38.6 Å². The zero-order valence-corrected chi connectivity index (χ0v) is 11.7. The van der Waals surface area contributed by atoms with E-state index in [1.165, 1.54) is 0 Å². The van der Waals surface area contributed by atoms with Crippen molar-refractivity contribution in [1.82, 2.24) is 4.98 Å². The summed E-state index contributed by atoms with van der Waals surface area (Å²) < 4.78 is 5.79. The Hall–Kier alpha value is -1.17. The van der Waals surface area contributed by atoms with Crippen molar-refractivity contribution in [3.8, 4) is 0 Å². The summed E-state index contributed by atoms with van der Waals surface area (Å²) in [7, 11) is 0. The van der Waals surface area contributed by atoms with Crippen LogP contribution in [0, 0.1) is 0 Å². The molecule has 106 valence electrons. The first-order chi connectivity index (χ1) is 8.93. The van der Waals surface area contributed by atoms with Gasteiger partial charge in [-0.1, -0.05) is 6.07 Å². The van der Waals surface area contributed by atoms with Gasteiger partial charge in [0.15, 0.2) is 0 Å². The summed E-state index contributed by atoms with van der Waals surface area (Å²) in [4.78, 5) is 6.46. The zero-order chi connectivity index (χ0) is 14.0. The lowest BCUT2D eigenvalue weighted by Gasteiger charge is -2.43. The fraction of sp³-hybridized carbons (Fsp3) is 0.643. The molecular formula is C14H22N2O3. The first-order valence-electron chi connectivity index (χ1n) is 6.59. The molecule has 1 aliphatic rings. The van der Waals surface area contributed by atoms with Crippen LogP contribution in [0.2, 0.25) is 0 Å². The number of ether oxygens (including phenoxy) is 1. The van der Waals surface area contributed by atoms with Gasteiger partial charge in [-0.3, -0.25) is 0 Å². The minimum absolute atomic E-state index is 0.0171. The molecule has 0 saturated carbocycles. The molecule has 2 N–H and O–H groups in total. The zero-order valence-electron chi connectivity index (χ0n) is 11.7. The molecule has 0 aromatic carbocycles. The lowest BCUT2D eigenvalue weighted by molar-refractivity contribution is -0.101. The van der Waals surface area contributed by atoms with Crippen LogP contribution in [0.4, 0.5) is 5.82 Å². The first kappa shape index (κ1) is 14.2. The smallest absolute Gasteiger partial charge is 0.134 e. The molecule has 2 rings (SSSR count). The van der Waals surface area contributed by atoms with E-state index in [-0.39, 0.29) is 18.3 Å². The molecule has 1 aromatic heterocycles. The lowest BCUT2D eigenvalue weighted by atomic mass is 10.0. The van der Waals surface area contributed by atoms with Gasteiger partial charge >= 0.3 is 0 Å². The average Bonchev–Trinajstić information content (AvgIpc) is 2.36. The Morgan fingerprint density at radius 1 is 1.58 bits per heavy atom. The Morgan fingerprint density at radius 3 is 2.95 bits per heavy atom. The summed E-state index contributed by atoms with van der Waals surface area (Å²) in [6, 6.07) is 3.70. The highest BCUT2D eigenvalue weighted by Gasteiger charge is 2.34. The van der Waals surface area contributed by atoms with Gasteiger partial charge in [0.1, 0.15) is 5.82 Å². The Balaban J connectivity index is 2.30. The van der Waals surface area contributed by atoms with Crippen molar-refractivity contribution in [3.63, 3.8) is 0 Å². The molecule has 1 fully saturated rings. The first-order valence-corrected chi connectivity index (χ1v) is 6.59. The van der Waals surface area contributed by atoms with Gasteiger partial charge in [0.05, 0.1) is 24.4 Å². The summed E-state index contributed by atoms with van der Waals surface area (Å²) >= 11 is 0. The highest BCUT2D eigenvalue weighted by atomic mass is 16.5. The van der Waals surface area contributed by atoms with Crippen molar-refractivity contribution in [2.75, 3.05) is 24.6 Å². The molecule has 0 aliphatic carbocycles. The molecule has 2 atom stereocenters. The number of aliphatic hydroxyl groups is 2. The van der Waals surface area contributed by atoms with Crippen molar-refractivity contribution < 1.29 is 14.9 Å². The number of aromatic nitrogens is 1. The molecular weight excluding hydrogens is 244 g/mol. The van der Waals surface area contributed by atoms with Crippen LogP contribution in [-0.4, -0.2) is 46.6 Å². The van der Waals surface area contributed by atoms with Crippen molar-refractivity contribution in [2.24, 2.45) is 0 Å². The van der Waals surface area contributed by atoms with Crippen LogP contribution < -0.4 is 4.90 Å². The van der Waals surface area contributed by atoms with Gasteiger partial charge in [0.25, 0.3) is 0 Å². The second kappa shape index (κ2) is 5.45. The topological polar surface area (TPSA) is 65.8 Å². The Labute approximate surface area is 113 Å². The second-order valence-corrected chi connectivity index (χ2v) is 5.65. The molecule has 0 bridgehead atoms. The molecule has 0 spiro atoms. The van der Waals surface area contributed by atoms with Gasteiger partial charge in [0, 0.05) is 24.8 Å². The molecule has 5 heteroatoms. The standard InChI is InChI=1S/C14H22N2O3/c1-10(18)12-5-4-6-15-13(12)16-7-11(8-17)19-14(2,3)9-16/h4-6,10-11,17-18H,7-9H2,1-3H3/t10-,11?/m0/s1. The van der Waals surface area contributed by atoms with Gasteiger partial charge < -0.3 is 19.8 Å². The third kappa shape index (κ3) is 3.23. The van der Waals surface area contributed by atoms with Crippen LogP contribution >= 0.6 is 0 Å². The maximum atomic E-state index is 9.84. The third-order valence-corrected chi connectivity index (χ3v) is 3.25. The van der Waals surface area contributed by atoms with Crippen molar-refractivity contribution >= 4 is 5.82 Å². The molecule has 0 radical (unpaired) electrons. The third-order valence-electron chi connectivity index (χ3n) is 3.25. The summed E-state index contributed by atoms with van der Waals surface area (Å²) in [5, 5.41) is 19.2. The number of aliphatic hydroxyl groups excluding tert-OH is 2. The van der Waals surface area contributed by atoms with Crippen molar-refractivity contribution in [1.29, 1.82) is 0 Å². The van der Waals surface area contributed by atoms with Gasteiger partial charge in [-0.2, -0.15) is 0 Å². The summed E-state index contributed by atoms with van der Waals surface area (Å²) in [6.07, 6.45) is 0.923. The minimum Gasteiger partial charge on any atom is -0.394 e. The number of hydrogen-bond donors (Lipinski definition) is 2. The van der Waals surface area contributed by atoms with Gasteiger partial charge in [-0.25, -0.2) is 4.98 Å². The fourth-order valence-corrected chi connectivity index (χ4v) is 2.55. The molecule has 1 saturated heterocycles. The van der Waals surface area contributed by atoms with E-state index >= 15 is 0 Å². The highest BCUT2D eigenvalue weighted by Crippen LogP contribution is 2.29. The Morgan fingerprint density at radius 2 is 2.32 bits per heavy atom. The molecule has 2 heterocycles. The van der Waals surface area contributed by atoms with Crippen LogP contribution in [0.15, 0.2) is 18.3 Å². The lowest BCUT2D eigenvalue weighted by Crippen LogP contribution is -2.54. The Kier molecular flexibility index (Phi) is 4.08. The van der Waals surface area contributed by atoms with Crippen molar-refractivity contribution in [3.05, 3.63) is 23.9 Å². The van der Waals surface area contributed by atoms with Crippen LogP contribution in [0.3, 0.4) is 0 Å². The van der Waals surface area contributed by atoms with Crippen LogP contribution in [0.1, 0.15) is 32.4 Å². The average molecular weight is 266 g/mol. The number of anilines is 1. The predicted molar refractivity (Wildman–Crippen MR) is 73.1 cm³/mol. The molecule has 0 amide bonds. The maximum absolute atomic E-state index is 9.84. The van der Waals surface area contributed by atoms with E-state index in [1.54, 1.807) is 13.1 Å². The number of nitrogens with zero attached hydrogens (tertiary/aromatic N) is 2. The molecule has 19 heavy (non-hydrogen) atoms. The summed E-state index contributed by atoms with van der Waals surface area (Å²) in [5.74, 6) is 0.771. The minimum atomic E-state index is -0.567. The number of morpholine rings is 1. The van der Waals surface area contributed by atoms with Gasteiger partial charge in [0.2, 0.25) is 0 Å². The normalized spacial score (nSPS) is 24.3. The van der Waals surface area contributed by atoms with E-state index in [0.717, 1.165) is 11.4 Å². The number of rotatable bonds is 3. The summed E-state index contributed by atoms with van der Waals surface area (Å²) in [6.45, 7) is 6.96. The van der Waals surface area contributed by atoms with E-state index in [1.807, 2.05) is 26.0 Å². The van der Waals surface area contributed by atoms with E-state index in [9.17, 15) is 10.2 Å². The van der Waals surface area contributed by atoms with E-state index in [4.69, 9.17) is 4.74 Å². The largest absolute Gasteiger partial charge is 0.394 e. The Bertz CT molecular complexity index is 434. The maximum Gasteiger partial charge on any atom is 0.134 e. The molecule has 1 unspecified atom stereocenters. The van der Waals surface area contributed by atoms with Crippen LogP contribution in [-0.2, 0) is 4.74 Å². The number of hydrogen-bond acceptors (Lipinski definition) is 5. The number of pyridine rings is 1. The highest BCUT2D eigenvalue weighted by molar-refractivity contribution is 5.48. The van der Waals surface area contributed by atoms with E-state index < -0.39 is 6.10 Å². The fourth-order valence-electron chi connectivity index (χ4n) is 2.55. The second-order valence-electron chi connectivity index (χ2n) is 5.65. The quantitative estimate of drug-likeness (QED) is 0.858. The van der Waals surface area contributed by atoms with E-state index in [0.29, 0.717) is 13.1 Å². The molecule has 5 nitrogen and oxygen atoms in total. The predicted octanol–water partition coefficient (Wildman–Crippen LogP) is 1.11. The summed E-state index contributed by atoms with van der Waals surface area (Å²) in [5.41, 5.74) is 0.455. The van der Waals surface area contributed by atoms with Crippen LogP contribution in [0.5, 0.6) is 0 Å². The van der Waals surface area contributed by atoms with E-state index in [2.05, 4.69) is 9.88 Å². The molecule has 1 aromatic rings. The van der Waals surface area contributed by atoms with Gasteiger partial charge in [-0.15, -0.1) is 0 Å². The van der Waals surface area contributed by atoms with Crippen LogP contribution in [0.25, 0.3) is 0 Å². The molecule has 1 aliphatic heterocycles. The SMILES string of the molecule is C[C@H](O)c1cccnc1N1CC(CO)OC(C)(C)C1. The van der Waals surface area contributed by atoms with Gasteiger partial charge in [-0.05, 0) is 26.8 Å².